The van der Waals surface area contributed by atoms with Crippen LogP contribution < -0.4 is 5.32 Å². The minimum absolute atomic E-state index is 0. The van der Waals surface area contributed by atoms with Crippen LogP contribution in [0.4, 0.5) is 0 Å². The minimum atomic E-state index is 0. The van der Waals surface area contributed by atoms with E-state index in [1.54, 1.807) is 7.11 Å². The van der Waals surface area contributed by atoms with Crippen LogP contribution in [0, 0.1) is 0 Å². The number of fused-ring (bicyclic) bond motifs is 1. The molecule has 1 aromatic rings. The average Bonchev–Trinajstić information content (AvgIpc) is 3.08. The third kappa shape index (κ3) is 5.55. The predicted octanol–water partition coefficient (Wildman–Crippen LogP) is 1.80. The Labute approximate surface area is 173 Å². The van der Waals surface area contributed by atoms with Gasteiger partial charge in [0.2, 0.25) is 0 Å². The summed E-state index contributed by atoms with van der Waals surface area (Å²) in [7, 11) is 3.59. The molecule has 2 fully saturated rings. The predicted molar refractivity (Wildman–Crippen MR) is 115 cm³/mol. The van der Waals surface area contributed by atoms with Crippen LogP contribution in [0.3, 0.4) is 0 Å². The maximum Gasteiger partial charge on any atom is 0.193 e. The average molecular weight is 474 g/mol. The van der Waals surface area contributed by atoms with E-state index in [2.05, 4.69) is 50.4 Å². The first-order valence-corrected chi connectivity index (χ1v) is 9.16. The van der Waals surface area contributed by atoms with Crippen molar-refractivity contribution in [2.24, 2.45) is 4.99 Å². The van der Waals surface area contributed by atoms with E-state index >= 15 is 0 Å². The molecular weight excluding hydrogens is 443 g/mol. The van der Waals surface area contributed by atoms with Gasteiger partial charge in [-0.3, -0.25) is 9.89 Å². The summed E-state index contributed by atoms with van der Waals surface area (Å²) in [4.78, 5) is 9.33. The third-order valence-corrected chi connectivity index (χ3v) is 4.96. The second-order valence-electron chi connectivity index (χ2n) is 6.66. The van der Waals surface area contributed by atoms with Crippen molar-refractivity contribution in [1.29, 1.82) is 0 Å². The number of ether oxygens (including phenoxy) is 2. The van der Waals surface area contributed by atoms with Gasteiger partial charge in [0.25, 0.3) is 0 Å². The normalized spacial score (nSPS) is 23.5. The fourth-order valence-electron chi connectivity index (χ4n) is 3.69. The van der Waals surface area contributed by atoms with E-state index in [1.165, 1.54) is 5.56 Å². The van der Waals surface area contributed by atoms with E-state index < -0.39 is 0 Å². The number of hydrogen-bond donors (Lipinski definition) is 1. The fraction of sp³-hybridized carbons (Fsp3) is 0.632. The number of nitrogens with one attached hydrogen (secondary N) is 1. The van der Waals surface area contributed by atoms with E-state index in [-0.39, 0.29) is 30.1 Å². The lowest BCUT2D eigenvalue weighted by atomic mass is 10.1. The molecule has 3 rings (SSSR count). The summed E-state index contributed by atoms with van der Waals surface area (Å²) in [6.45, 7) is 6.29. The minimum Gasteiger partial charge on any atom is -0.385 e. The summed E-state index contributed by atoms with van der Waals surface area (Å²) in [5, 5.41) is 3.44. The summed E-state index contributed by atoms with van der Waals surface area (Å²) in [5.41, 5.74) is 1.36. The highest BCUT2D eigenvalue weighted by Gasteiger charge is 2.41. The van der Waals surface area contributed by atoms with Crippen molar-refractivity contribution in [2.75, 3.05) is 53.6 Å². The number of rotatable bonds is 6. The Morgan fingerprint density at radius 2 is 2.12 bits per heavy atom. The maximum atomic E-state index is 6.05. The molecule has 0 radical (unpaired) electrons. The molecule has 0 aliphatic carbocycles. The third-order valence-electron chi connectivity index (χ3n) is 4.96. The number of methoxy groups -OCH3 is 1. The summed E-state index contributed by atoms with van der Waals surface area (Å²) >= 11 is 0. The fourth-order valence-corrected chi connectivity index (χ4v) is 3.69. The number of benzene rings is 1. The Morgan fingerprint density at radius 3 is 2.85 bits per heavy atom. The monoisotopic (exact) mass is 474 g/mol. The molecule has 7 heteroatoms. The molecule has 2 saturated heterocycles. The Morgan fingerprint density at radius 1 is 1.31 bits per heavy atom. The lowest BCUT2D eigenvalue weighted by molar-refractivity contribution is -0.0502. The number of aliphatic imine (C=N–C) groups is 1. The van der Waals surface area contributed by atoms with Crippen molar-refractivity contribution in [1.82, 2.24) is 15.1 Å². The van der Waals surface area contributed by atoms with Gasteiger partial charge < -0.3 is 19.7 Å². The number of likely N-dealkylation sites (tertiary alicyclic amines) is 1. The molecular formula is C19H31IN4O2. The summed E-state index contributed by atoms with van der Waals surface area (Å²) in [6, 6.07) is 11.1. The Kier molecular flexibility index (Phi) is 9.10. The summed E-state index contributed by atoms with van der Waals surface area (Å²) in [5.74, 6) is 0.966. The summed E-state index contributed by atoms with van der Waals surface area (Å²) in [6.07, 6.45) is 1.24. The zero-order chi connectivity index (χ0) is 17.5. The first kappa shape index (κ1) is 21.4. The molecule has 0 amide bonds. The van der Waals surface area contributed by atoms with Gasteiger partial charge in [-0.1, -0.05) is 30.3 Å². The molecule has 2 heterocycles. The molecule has 2 aliphatic heterocycles. The van der Waals surface area contributed by atoms with Crippen LogP contribution in [0.5, 0.6) is 0 Å². The van der Waals surface area contributed by atoms with Crippen LogP contribution >= 0.6 is 24.0 Å². The molecule has 1 aromatic carbocycles. The molecule has 1 N–H and O–H groups in total. The molecule has 146 valence electrons. The van der Waals surface area contributed by atoms with Gasteiger partial charge in [-0.05, 0) is 12.0 Å². The quantitative estimate of drug-likeness (QED) is 0.295. The zero-order valence-electron chi connectivity index (χ0n) is 15.8. The molecule has 0 aromatic heterocycles. The number of halogens is 1. The van der Waals surface area contributed by atoms with Gasteiger partial charge in [-0.2, -0.15) is 0 Å². The van der Waals surface area contributed by atoms with Crippen LogP contribution in [-0.4, -0.2) is 81.5 Å². The number of nitrogens with zero attached hydrogens (tertiary/aromatic N) is 3. The molecule has 0 spiro atoms. The van der Waals surface area contributed by atoms with Crippen LogP contribution in [0.2, 0.25) is 0 Å². The highest BCUT2D eigenvalue weighted by molar-refractivity contribution is 14.0. The van der Waals surface area contributed by atoms with Crippen molar-refractivity contribution in [3.63, 3.8) is 0 Å². The second-order valence-corrected chi connectivity index (χ2v) is 6.66. The van der Waals surface area contributed by atoms with Gasteiger partial charge in [0, 0.05) is 53.5 Å². The van der Waals surface area contributed by atoms with Crippen LogP contribution in [0.1, 0.15) is 12.0 Å². The van der Waals surface area contributed by atoms with Crippen molar-refractivity contribution < 1.29 is 9.47 Å². The smallest absolute Gasteiger partial charge is 0.193 e. The largest absolute Gasteiger partial charge is 0.385 e. The molecule has 26 heavy (non-hydrogen) atoms. The molecule has 0 saturated carbocycles. The van der Waals surface area contributed by atoms with Gasteiger partial charge in [-0.25, -0.2) is 0 Å². The van der Waals surface area contributed by atoms with Crippen molar-refractivity contribution in [3.05, 3.63) is 35.9 Å². The van der Waals surface area contributed by atoms with Crippen molar-refractivity contribution >= 4 is 29.9 Å². The van der Waals surface area contributed by atoms with E-state index in [4.69, 9.17) is 9.47 Å². The van der Waals surface area contributed by atoms with E-state index in [1.807, 2.05) is 7.05 Å². The number of guanidine groups is 1. The Hall–Kier alpha value is -0.900. The Balaban J connectivity index is 0.00000243. The van der Waals surface area contributed by atoms with Gasteiger partial charge in [0.15, 0.2) is 5.96 Å². The van der Waals surface area contributed by atoms with Gasteiger partial charge >= 0.3 is 0 Å². The number of morpholine rings is 1. The van der Waals surface area contributed by atoms with E-state index in [9.17, 15) is 0 Å². The van der Waals surface area contributed by atoms with Crippen LogP contribution in [-0.2, 0) is 16.0 Å². The highest BCUT2D eigenvalue weighted by Crippen LogP contribution is 2.24. The number of hydrogen-bond acceptors (Lipinski definition) is 4. The molecule has 6 nitrogen and oxygen atoms in total. The zero-order valence-corrected chi connectivity index (χ0v) is 18.1. The van der Waals surface area contributed by atoms with Crippen molar-refractivity contribution in [2.45, 2.75) is 25.1 Å². The first-order valence-electron chi connectivity index (χ1n) is 9.16. The molecule has 0 bridgehead atoms. The van der Waals surface area contributed by atoms with Crippen LogP contribution in [0.15, 0.2) is 35.3 Å². The van der Waals surface area contributed by atoms with Gasteiger partial charge in [0.05, 0.1) is 18.8 Å². The van der Waals surface area contributed by atoms with Gasteiger partial charge in [-0.15, -0.1) is 24.0 Å². The first-order chi connectivity index (χ1) is 12.3. The Bertz CT molecular complexity index is 558. The standard InChI is InChI=1S/C19H30N4O2.HI/c1-20-19(21-9-6-11-24-2)23-14-17-18(15-23)25-12-10-22(17)13-16-7-4-3-5-8-16;/h3-5,7-8,17-18H,6,9-15H2,1-2H3,(H,20,21);1H. The lowest BCUT2D eigenvalue weighted by Crippen LogP contribution is -2.50. The van der Waals surface area contributed by atoms with E-state index in [0.29, 0.717) is 6.04 Å². The van der Waals surface area contributed by atoms with Gasteiger partial charge in [0.1, 0.15) is 0 Å². The molecule has 2 aliphatic rings. The molecule has 2 atom stereocenters. The van der Waals surface area contributed by atoms with Crippen LogP contribution in [0.25, 0.3) is 0 Å². The second kappa shape index (κ2) is 11.1. The van der Waals surface area contributed by atoms with E-state index in [0.717, 1.165) is 58.3 Å². The summed E-state index contributed by atoms with van der Waals surface area (Å²) < 4.78 is 11.2. The highest BCUT2D eigenvalue weighted by atomic mass is 127. The lowest BCUT2D eigenvalue weighted by Gasteiger charge is -2.36. The van der Waals surface area contributed by atoms with Crippen molar-refractivity contribution in [3.8, 4) is 0 Å². The maximum absolute atomic E-state index is 6.05. The molecule has 2 unspecified atom stereocenters. The SMILES string of the molecule is CN=C(NCCCOC)N1CC2OCCN(Cc3ccccc3)C2C1.I. The topological polar surface area (TPSA) is 49.3 Å².